The maximum absolute atomic E-state index is 10.6. The van der Waals surface area contributed by atoms with E-state index in [9.17, 15) is 4.21 Å². The van der Waals surface area contributed by atoms with E-state index in [-0.39, 0.29) is 5.25 Å². The van der Waals surface area contributed by atoms with Gasteiger partial charge in [0.2, 0.25) is 0 Å². The summed E-state index contributed by atoms with van der Waals surface area (Å²) in [6.07, 6.45) is 0.988. The maximum Gasteiger partial charge on any atom is 0.0468 e. The quantitative estimate of drug-likeness (QED) is 0.504. The van der Waals surface area contributed by atoms with Crippen LogP contribution < -0.4 is 0 Å². The first-order chi connectivity index (χ1) is 3.13. The summed E-state index contributed by atoms with van der Waals surface area (Å²) in [4.78, 5) is 0. The molecule has 1 N–H and O–H groups in total. The minimum absolute atomic E-state index is 0.174. The van der Waals surface area contributed by atoms with Gasteiger partial charge in [-0.2, -0.15) is 0 Å². The van der Waals surface area contributed by atoms with Gasteiger partial charge in [-0.05, 0) is 13.3 Å². The molecule has 42 valence electrons. The van der Waals surface area contributed by atoms with Crippen molar-refractivity contribution < 1.29 is 4.21 Å². The highest BCUT2D eigenvalue weighted by molar-refractivity contribution is 7.94. The summed E-state index contributed by atoms with van der Waals surface area (Å²) in [7, 11) is -2.06. The van der Waals surface area contributed by atoms with E-state index in [0.717, 1.165) is 6.42 Å². The van der Waals surface area contributed by atoms with Gasteiger partial charge in [0.25, 0.3) is 0 Å². The highest BCUT2D eigenvalue weighted by Gasteiger charge is 2.26. The van der Waals surface area contributed by atoms with Crippen LogP contribution in [-0.2, 0) is 9.73 Å². The molecule has 0 aromatic heterocycles. The summed E-state index contributed by atoms with van der Waals surface area (Å²) in [6, 6.07) is 0. The molecule has 2 atom stereocenters. The van der Waals surface area contributed by atoms with Crippen LogP contribution in [0.5, 0.6) is 0 Å². The Morgan fingerprint density at radius 1 is 1.86 bits per heavy atom. The molecule has 1 saturated heterocycles. The van der Waals surface area contributed by atoms with Crippen molar-refractivity contribution in [3.05, 3.63) is 0 Å². The number of hydrogen-bond acceptors (Lipinski definition) is 2. The summed E-state index contributed by atoms with van der Waals surface area (Å²) in [6.45, 7) is 1.87. The fraction of sp³-hybridized carbons (Fsp3) is 1.00. The van der Waals surface area contributed by atoms with Crippen LogP contribution in [-0.4, -0.2) is 15.2 Å². The number of nitrogens with one attached hydrogen (secondary N) is 1. The maximum atomic E-state index is 10.6. The van der Waals surface area contributed by atoms with Gasteiger partial charge in [0.05, 0.1) is 0 Å². The smallest absolute Gasteiger partial charge is 0.0468 e. The zero-order chi connectivity index (χ0) is 5.49. The Bertz CT molecular complexity index is 159. The van der Waals surface area contributed by atoms with Crippen LogP contribution in [0.2, 0.25) is 0 Å². The van der Waals surface area contributed by atoms with E-state index in [0.29, 0.717) is 5.75 Å². The van der Waals surface area contributed by atoms with Gasteiger partial charge in [-0.15, -0.1) is 0 Å². The van der Waals surface area contributed by atoms with Gasteiger partial charge in [-0.1, -0.05) is 0 Å². The lowest BCUT2D eigenvalue weighted by molar-refractivity contribution is 0.636. The average molecular weight is 119 g/mol. The summed E-state index contributed by atoms with van der Waals surface area (Å²) >= 11 is 0. The molecule has 0 aromatic carbocycles. The zero-order valence-corrected chi connectivity index (χ0v) is 5.12. The van der Waals surface area contributed by atoms with E-state index in [4.69, 9.17) is 4.78 Å². The predicted octanol–water partition coefficient (Wildman–Crippen LogP) is 0.825. The molecule has 0 aliphatic carbocycles. The lowest BCUT2D eigenvalue weighted by Gasteiger charge is -2.24. The van der Waals surface area contributed by atoms with Crippen LogP contribution in [0.3, 0.4) is 0 Å². The van der Waals surface area contributed by atoms with Gasteiger partial charge in [-0.3, -0.25) is 4.78 Å². The van der Waals surface area contributed by atoms with E-state index < -0.39 is 9.73 Å². The Hall–Kier alpha value is -0.0500. The molecular formula is C4H9NOS. The van der Waals surface area contributed by atoms with Gasteiger partial charge in [0, 0.05) is 20.7 Å². The van der Waals surface area contributed by atoms with Gasteiger partial charge >= 0.3 is 0 Å². The average Bonchev–Trinajstić information content (AvgIpc) is 1.63. The van der Waals surface area contributed by atoms with Crippen molar-refractivity contribution in [1.82, 2.24) is 0 Å². The van der Waals surface area contributed by atoms with Gasteiger partial charge in [0.1, 0.15) is 0 Å². The van der Waals surface area contributed by atoms with E-state index in [1.54, 1.807) is 0 Å². The molecule has 1 fully saturated rings. The first kappa shape index (κ1) is 5.09. The lowest BCUT2D eigenvalue weighted by atomic mass is 10.3. The molecule has 1 rings (SSSR count). The van der Waals surface area contributed by atoms with Crippen LogP contribution in [0, 0.1) is 4.78 Å². The van der Waals surface area contributed by atoms with E-state index >= 15 is 0 Å². The molecule has 1 heterocycles. The molecule has 1 aliphatic heterocycles. The van der Waals surface area contributed by atoms with Crippen molar-refractivity contribution in [3.63, 3.8) is 0 Å². The summed E-state index contributed by atoms with van der Waals surface area (Å²) in [5, 5.41) is 0.174. The zero-order valence-electron chi connectivity index (χ0n) is 4.31. The van der Waals surface area contributed by atoms with Crippen molar-refractivity contribution in [1.29, 1.82) is 4.78 Å². The molecule has 0 aromatic rings. The van der Waals surface area contributed by atoms with Gasteiger partial charge in [-0.25, -0.2) is 4.21 Å². The third-order valence-electron chi connectivity index (χ3n) is 1.48. The Balaban J connectivity index is 2.79. The molecule has 2 unspecified atom stereocenters. The Morgan fingerprint density at radius 2 is 2.29 bits per heavy atom. The van der Waals surface area contributed by atoms with Crippen LogP contribution in [0.1, 0.15) is 13.3 Å². The van der Waals surface area contributed by atoms with Gasteiger partial charge in [0.15, 0.2) is 0 Å². The Labute approximate surface area is 43.9 Å². The molecule has 7 heavy (non-hydrogen) atoms. The second kappa shape index (κ2) is 1.22. The summed E-state index contributed by atoms with van der Waals surface area (Å²) in [5.41, 5.74) is 0. The van der Waals surface area contributed by atoms with Crippen molar-refractivity contribution in [2.75, 3.05) is 5.75 Å². The molecule has 2 nitrogen and oxygen atoms in total. The number of rotatable bonds is 0. The molecule has 0 amide bonds. The van der Waals surface area contributed by atoms with Crippen molar-refractivity contribution in [2.45, 2.75) is 18.6 Å². The molecule has 3 heteroatoms. The fourth-order valence-corrected chi connectivity index (χ4v) is 1.70. The highest BCUT2D eigenvalue weighted by atomic mass is 32.2. The SMILES string of the molecule is CC1CCS1(=N)=O. The van der Waals surface area contributed by atoms with Crippen molar-refractivity contribution >= 4 is 9.73 Å². The third kappa shape index (κ3) is 0.650. The van der Waals surface area contributed by atoms with Crippen LogP contribution in [0.4, 0.5) is 0 Å². The predicted molar refractivity (Wildman–Crippen MR) is 29.8 cm³/mol. The van der Waals surface area contributed by atoms with Crippen molar-refractivity contribution in [3.8, 4) is 0 Å². The summed E-state index contributed by atoms with van der Waals surface area (Å²) in [5.74, 6) is 0.633. The molecule has 0 saturated carbocycles. The number of hydrogen-bond donors (Lipinski definition) is 1. The largest absolute Gasteiger partial charge is 0.253 e. The Morgan fingerprint density at radius 3 is 2.29 bits per heavy atom. The van der Waals surface area contributed by atoms with Crippen LogP contribution >= 0.6 is 0 Å². The highest BCUT2D eigenvalue weighted by Crippen LogP contribution is 2.19. The van der Waals surface area contributed by atoms with E-state index in [2.05, 4.69) is 0 Å². The van der Waals surface area contributed by atoms with E-state index in [1.807, 2.05) is 6.92 Å². The molecular weight excluding hydrogens is 110 g/mol. The van der Waals surface area contributed by atoms with E-state index in [1.165, 1.54) is 0 Å². The lowest BCUT2D eigenvalue weighted by Crippen LogP contribution is -2.32. The standard InChI is InChI=1S/C4H9NOS/c1-4-2-3-7(4,5)6/h4-5H,2-3H2,1H3. The van der Waals surface area contributed by atoms with Crippen LogP contribution in [0.25, 0.3) is 0 Å². The third-order valence-corrected chi connectivity index (χ3v) is 3.86. The molecule has 0 radical (unpaired) electrons. The molecule has 1 aliphatic rings. The fourth-order valence-electron chi connectivity index (χ4n) is 0.568. The van der Waals surface area contributed by atoms with Crippen LogP contribution in [0.15, 0.2) is 0 Å². The minimum atomic E-state index is -2.06. The molecule has 0 spiro atoms. The normalized spacial score (nSPS) is 50.7. The monoisotopic (exact) mass is 119 g/mol. The second-order valence-corrected chi connectivity index (χ2v) is 4.70. The Kier molecular flexibility index (Phi) is 0.885. The summed E-state index contributed by atoms with van der Waals surface area (Å²) < 4.78 is 17.6. The molecule has 0 bridgehead atoms. The first-order valence-electron chi connectivity index (χ1n) is 2.38. The second-order valence-electron chi connectivity index (χ2n) is 2.03. The first-order valence-corrected chi connectivity index (χ1v) is 4.17. The van der Waals surface area contributed by atoms with Gasteiger partial charge < -0.3 is 0 Å². The topological polar surface area (TPSA) is 40.9 Å². The minimum Gasteiger partial charge on any atom is -0.253 e. The van der Waals surface area contributed by atoms with Crippen molar-refractivity contribution in [2.24, 2.45) is 0 Å².